The summed E-state index contributed by atoms with van der Waals surface area (Å²) in [4.78, 5) is 34.8. The molecule has 3 unspecified atom stereocenters. The van der Waals surface area contributed by atoms with E-state index in [0.29, 0.717) is 21.8 Å². The number of Topliss-reactive ketones (excluding diaryl/α,β-unsaturated/α-hetero) is 1. The fourth-order valence-electron chi connectivity index (χ4n) is 5.29. The van der Waals surface area contributed by atoms with Crippen LogP contribution in [-0.2, 0) is 9.59 Å². The molecule has 1 aliphatic heterocycles. The second kappa shape index (κ2) is 21.0. The normalized spacial score (nSPS) is 13.4. The first-order chi connectivity index (χ1) is 27.2. The van der Waals surface area contributed by atoms with Gasteiger partial charge in [-0.3, -0.25) is 19.7 Å². The molecule has 1 aliphatic rings. The second-order valence-electron chi connectivity index (χ2n) is 13.2. The molecule has 6 aromatic carbocycles. The Labute approximate surface area is 341 Å². The average molecular weight is 833 g/mol. The molecule has 1 heterocycles. The van der Waals surface area contributed by atoms with Crippen LogP contribution in [0.1, 0.15) is 64.3 Å². The zero-order chi connectivity index (χ0) is 41.5. The van der Waals surface area contributed by atoms with E-state index >= 15 is 0 Å². The lowest BCUT2D eigenvalue weighted by molar-refractivity contribution is -0.386. The maximum absolute atomic E-state index is 12.0. The summed E-state index contributed by atoms with van der Waals surface area (Å²) in [5.41, 5.74) is 12.7. The summed E-state index contributed by atoms with van der Waals surface area (Å²) in [6, 6.07) is 43.9. The molecule has 10 nitrogen and oxygen atoms in total. The number of hydrogen-bond donors (Lipinski definition) is 3. The lowest BCUT2D eigenvalue weighted by Gasteiger charge is -2.26. The molecule has 6 aromatic rings. The Bertz CT molecular complexity index is 2220. The van der Waals surface area contributed by atoms with Crippen LogP contribution >= 0.6 is 15.9 Å². The van der Waals surface area contributed by atoms with Crippen LogP contribution in [0.5, 0.6) is 17.2 Å². The van der Waals surface area contributed by atoms with Gasteiger partial charge >= 0.3 is 5.69 Å². The number of alkyl halides is 1. The molecule has 0 saturated carbocycles. The van der Waals surface area contributed by atoms with Crippen LogP contribution in [0.4, 0.5) is 17.1 Å². The predicted octanol–water partition coefficient (Wildman–Crippen LogP) is 11.1. The Hall–Kier alpha value is -6.46. The van der Waals surface area contributed by atoms with E-state index in [1.807, 2.05) is 74.5 Å². The molecule has 0 radical (unpaired) electrons. The molecule has 7 rings (SSSR count). The van der Waals surface area contributed by atoms with Gasteiger partial charge in [0.2, 0.25) is 6.10 Å². The first-order valence-corrected chi connectivity index (χ1v) is 19.0. The molecule has 0 spiro atoms. The van der Waals surface area contributed by atoms with Crippen molar-refractivity contribution < 1.29 is 29.1 Å². The summed E-state index contributed by atoms with van der Waals surface area (Å²) < 4.78 is 11.4. The highest BCUT2D eigenvalue weighted by Gasteiger charge is 2.28. The second-order valence-corrected chi connectivity index (χ2v) is 14.6. The van der Waals surface area contributed by atoms with E-state index in [1.54, 1.807) is 48.5 Å². The summed E-state index contributed by atoms with van der Waals surface area (Å²) in [6.45, 7) is 9.59. The number of nitrogens with one attached hydrogen (secondary N) is 1. The summed E-state index contributed by atoms with van der Waals surface area (Å²) in [5, 5.41) is 22.6. The number of hydrogen-bond acceptors (Lipinski definition) is 8. The molecular weight excluding hydrogens is 786 g/mol. The lowest BCUT2D eigenvalue weighted by atomic mass is 10.0. The van der Waals surface area contributed by atoms with E-state index in [2.05, 4.69) is 59.4 Å². The molecule has 294 valence electrons. The number of carbonyl (C=O) groups is 2. The first kappa shape index (κ1) is 43.3. The van der Waals surface area contributed by atoms with Crippen LogP contribution in [-0.4, -0.2) is 21.7 Å². The molecule has 1 amide bonds. The highest BCUT2D eigenvalue weighted by atomic mass is 79.9. The molecule has 11 heteroatoms. The predicted molar refractivity (Wildman–Crippen MR) is 229 cm³/mol. The summed E-state index contributed by atoms with van der Waals surface area (Å²) in [7, 11) is 0. The van der Waals surface area contributed by atoms with Crippen LogP contribution in [0.25, 0.3) is 0 Å². The Balaban J connectivity index is 0.000000180. The SMILES string of the molecule is CC(=O)C(Oc1ccccc1[N+](=O)[O-])c1ccc(C)cc1.Cc1ccc(C(C)Br)cc1.Cc1ccc(C2Oc3ccccc3NC2=O)cc1.Nc1ccccc1O. The van der Waals surface area contributed by atoms with Crippen LogP contribution < -0.4 is 20.5 Å². The van der Waals surface area contributed by atoms with Crippen molar-refractivity contribution in [3.8, 4) is 17.2 Å². The third-order valence-electron chi connectivity index (χ3n) is 8.54. The fourth-order valence-corrected chi connectivity index (χ4v) is 5.60. The molecular formula is C46H46BrN3O7. The number of nitrogens with zero attached hydrogens (tertiary/aromatic N) is 1. The quantitative estimate of drug-likeness (QED) is 0.0472. The minimum Gasteiger partial charge on any atom is -0.506 e. The average Bonchev–Trinajstić information content (AvgIpc) is 3.19. The van der Waals surface area contributed by atoms with Gasteiger partial charge in [0.05, 0.1) is 16.3 Å². The van der Waals surface area contributed by atoms with Crippen LogP contribution in [0.15, 0.2) is 146 Å². The van der Waals surface area contributed by atoms with Crippen molar-refractivity contribution >= 4 is 44.7 Å². The molecule has 4 N–H and O–H groups in total. The van der Waals surface area contributed by atoms with Crippen molar-refractivity contribution in [1.82, 2.24) is 0 Å². The van der Waals surface area contributed by atoms with Gasteiger partial charge in [-0.05, 0) is 76.1 Å². The maximum Gasteiger partial charge on any atom is 0.310 e. The van der Waals surface area contributed by atoms with E-state index in [9.17, 15) is 19.7 Å². The van der Waals surface area contributed by atoms with Gasteiger partial charge < -0.3 is 25.6 Å². The highest BCUT2D eigenvalue weighted by Crippen LogP contribution is 2.35. The lowest BCUT2D eigenvalue weighted by Crippen LogP contribution is -2.29. The zero-order valence-electron chi connectivity index (χ0n) is 32.4. The summed E-state index contributed by atoms with van der Waals surface area (Å²) in [6.07, 6.45) is -1.42. The largest absolute Gasteiger partial charge is 0.506 e. The third-order valence-corrected chi connectivity index (χ3v) is 9.07. The number of nitro benzene ring substituents is 1. The van der Waals surface area contributed by atoms with Gasteiger partial charge in [-0.25, -0.2) is 0 Å². The highest BCUT2D eigenvalue weighted by molar-refractivity contribution is 9.09. The number of ketones is 1. The third kappa shape index (κ3) is 13.1. The smallest absolute Gasteiger partial charge is 0.310 e. The van der Waals surface area contributed by atoms with E-state index < -0.39 is 17.1 Å². The first-order valence-electron chi connectivity index (χ1n) is 18.1. The number of anilines is 2. The number of nitrogens with two attached hydrogens (primary N) is 1. The van der Waals surface area contributed by atoms with Crippen molar-refractivity contribution in [2.75, 3.05) is 11.1 Å². The number of amides is 1. The number of rotatable bonds is 7. The Morgan fingerprint density at radius 2 is 1.30 bits per heavy atom. The minimum absolute atomic E-state index is 0.0864. The van der Waals surface area contributed by atoms with Gasteiger partial charge in [0.25, 0.3) is 5.91 Å². The number of halogens is 1. The van der Waals surface area contributed by atoms with Crippen molar-refractivity contribution in [2.24, 2.45) is 0 Å². The number of aryl methyl sites for hydroxylation is 3. The molecule has 0 fully saturated rings. The van der Waals surface area contributed by atoms with Gasteiger partial charge in [-0.1, -0.05) is 142 Å². The molecule has 57 heavy (non-hydrogen) atoms. The van der Waals surface area contributed by atoms with Gasteiger partial charge in [0.1, 0.15) is 11.5 Å². The minimum atomic E-state index is -0.855. The standard InChI is InChI=1S/C16H15NO4.C15H13NO2.C9H11Br.C6H7NO/c1-11-7-9-13(10-8-11)16(12(2)18)21-15-6-4-3-5-14(15)17(19)20;1-10-6-8-11(9-7-10)14-15(17)16-12-4-2-3-5-13(12)18-14;1-7-3-5-9(6-4-7)8(2)10;7-5-3-1-2-4-6(5)8/h3-10,16H,1-2H3;2-9,14H,1H3,(H,16,17);3-6,8H,1-2H3;1-4,8H,7H2. The Kier molecular flexibility index (Phi) is 15.9. The molecule has 0 aromatic heterocycles. The van der Waals surface area contributed by atoms with E-state index in [4.69, 9.17) is 20.3 Å². The monoisotopic (exact) mass is 831 g/mol. The molecule has 0 aliphatic carbocycles. The molecule has 0 bridgehead atoms. The molecule has 3 atom stereocenters. The number of phenols is 1. The van der Waals surface area contributed by atoms with Crippen LogP contribution in [0.2, 0.25) is 0 Å². The molecule has 0 saturated heterocycles. The number of fused-ring (bicyclic) bond motifs is 1. The van der Waals surface area contributed by atoms with Crippen molar-refractivity contribution in [1.29, 1.82) is 0 Å². The van der Waals surface area contributed by atoms with Gasteiger partial charge in [-0.2, -0.15) is 0 Å². The van der Waals surface area contributed by atoms with Crippen LogP contribution in [0, 0.1) is 30.9 Å². The van der Waals surface area contributed by atoms with E-state index in [1.165, 1.54) is 30.2 Å². The summed E-state index contributed by atoms with van der Waals surface area (Å²) >= 11 is 3.51. The number of nitro groups is 1. The van der Waals surface area contributed by atoms with Gasteiger partial charge in [0.15, 0.2) is 17.6 Å². The topological polar surface area (TPSA) is 154 Å². The van der Waals surface area contributed by atoms with Crippen molar-refractivity contribution in [2.45, 2.75) is 51.7 Å². The Morgan fingerprint density at radius 1 is 0.789 bits per heavy atom. The maximum atomic E-state index is 12.0. The van der Waals surface area contributed by atoms with Crippen molar-refractivity contribution in [3.05, 3.63) is 189 Å². The van der Waals surface area contributed by atoms with Gasteiger partial charge in [0, 0.05) is 16.5 Å². The number of phenolic OH excluding ortho intramolecular Hbond substituents is 1. The van der Waals surface area contributed by atoms with Crippen molar-refractivity contribution in [3.63, 3.8) is 0 Å². The zero-order valence-corrected chi connectivity index (χ0v) is 34.0. The summed E-state index contributed by atoms with van der Waals surface area (Å²) in [5.74, 6) is 0.605. The van der Waals surface area contributed by atoms with Gasteiger partial charge in [-0.15, -0.1) is 0 Å². The number of carbonyl (C=O) groups excluding carboxylic acids is 2. The fraction of sp³-hybridized carbons (Fsp3) is 0.174. The number of benzene rings is 6. The Morgan fingerprint density at radius 3 is 1.82 bits per heavy atom. The number of nitrogen functional groups attached to an aromatic ring is 1. The van der Waals surface area contributed by atoms with E-state index in [-0.39, 0.29) is 28.9 Å². The number of para-hydroxylation sites is 6. The van der Waals surface area contributed by atoms with Crippen LogP contribution in [0.3, 0.4) is 0 Å². The number of aromatic hydroxyl groups is 1. The number of ether oxygens (including phenoxy) is 2. The van der Waals surface area contributed by atoms with E-state index in [0.717, 1.165) is 22.4 Å².